The van der Waals surface area contributed by atoms with Crippen LogP contribution in [0, 0.1) is 16.6 Å². The zero-order valence-corrected chi connectivity index (χ0v) is 13.1. The van der Waals surface area contributed by atoms with Crippen LogP contribution in [0.4, 0.5) is 13.2 Å². The van der Waals surface area contributed by atoms with Crippen molar-refractivity contribution in [3.05, 3.63) is 10.6 Å². The summed E-state index contributed by atoms with van der Waals surface area (Å²) in [4.78, 5) is 12.2. The molecule has 2 N–H and O–H groups in total. The first kappa shape index (κ1) is 17.0. The van der Waals surface area contributed by atoms with E-state index in [0.29, 0.717) is 30.0 Å². The van der Waals surface area contributed by atoms with Crippen molar-refractivity contribution >= 4 is 18.1 Å². The Kier molecular flexibility index (Phi) is 5.25. The van der Waals surface area contributed by atoms with Gasteiger partial charge in [-0.25, -0.2) is 0 Å². The van der Waals surface area contributed by atoms with E-state index < -0.39 is 23.9 Å². The molecule has 1 saturated carbocycles. The molecule has 0 radical (unpaired) electrons. The standard InChI is InChI=1S/C13H19F3N4OS/c1-2-20-10(18-19-12(20)22)7-17-11(21)8-5-3-4-6-9(8)13(14,15)16/h8-9H,2-7H2,1H3,(H,17,21)(H,19,22)/t8-,9-/m0/s1. The number of nitrogens with one attached hydrogen (secondary N) is 2. The molecule has 1 aliphatic rings. The summed E-state index contributed by atoms with van der Waals surface area (Å²) in [5, 5.41) is 9.16. The van der Waals surface area contributed by atoms with E-state index in [9.17, 15) is 18.0 Å². The van der Waals surface area contributed by atoms with E-state index in [1.165, 1.54) is 0 Å². The van der Waals surface area contributed by atoms with Crippen LogP contribution in [0.15, 0.2) is 0 Å². The van der Waals surface area contributed by atoms with Crippen LogP contribution in [0.5, 0.6) is 0 Å². The number of aromatic amines is 1. The first-order valence-electron chi connectivity index (χ1n) is 7.33. The normalized spacial score (nSPS) is 22.5. The van der Waals surface area contributed by atoms with Gasteiger partial charge in [-0.05, 0) is 32.0 Å². The Bertz CT molecular complexity index is 581. The molecule has 22 heavy (non-hydrogen) atoms. The maximum Gasteiger partial charge on any atom is 0.392 e. The number of rotatable bonds is 4. The fraction of sp³-hybridized carbons (Fsp3) is 0.769. The lowest BCUT2D eigenvalue weighted by molar-refractivity contribution is -0.198. The average Bonchev–Trinajstić information content (AvgIpc) is 2.84. The second-order valence-electron chi connectivity index (χ2n) is 5.45. The summed E-state index contributed by atoms with van der Waals surface area (Å²) in [5.41, 5.74) is 0. The minimum absolute atomic E-state index is 0.0231. The Morgan fingerprint density at radius 3 is 2.77 bits per heavy atom. The molecule has 2 atom stereocenters. The van der Waals surface area contributed by atoms with Crippen molar-refractivity contribution in [2.24, 2.45) is 11.8 Å². The summed E-state index contributed by atoms with van der Waals surface area (Å²) in [6.07, 6.45) is -2.86. The van der Waals surface area contributed by atoms with Gasteiger partial charge in [0.15, 0.2) is 10.6 Å². The van der Waals surface area contributed by atoms with Crippen molar-refractivity contribution in [2.45, 2.75) is 51.9 Å². The quantitative estimate of drug-likeness (QED) is 0.831. The van der Waals surface area contributed by atoms with E-state index in [2.05, 4.69) is 15.5 Å². The Hall–Kier alpha value is -1.38. The van der Waals surface area contributed by atoms with E-state index in [1.54, 1.807) is 4.57 Å². The van der Waals surface area contributed by atoms with E-state index in [4.69, 9.17) is 12.2 Å². The predicted octanol–water partition coefficient (Wildman–Crippen LogP) is 2.95. The number of amides is 1. The molecule has 0 bridgehead atoms. The number of aromatic nitrogens is 3. The zero-order chi connectivity index (χ0) is 16.3. The van der Waals surface area contributed by atoms with Crippen LogP contribution in [-0.4, -0.2) is 26.8 Å². The van der Waals surface area contributed by atoms with E-state index in [-0.39, 0.29) is 19.4 Å². The number of H-pyrrole nitrogens is 1. The number of nitrogens with zero attached hydrogens (tertiary/aromatic N) is 2. The summed E-state index contributed by atoms with van der Waals surface area (Å²) in [6, 6.07) is 0. The molecule has 1 aromatic rings. The fourth-order valence-electron chi connectivity index (χ4n) is 2.95. The maximum atomic E-state index is 13.0. The highest BCUT2D eigenvalue weighted by Crippen LogP contribution is 2.41. The second-order valence-corrected chi connectivity index (χ2v) is 5.83. The summed E-state index contributed by atoms with van der Waals surface area (Å²) in [5.74, 6) is -2.60. The molecule has 0 unspecified atom stereocenters. The van der Waals surface area contributed by atoms with E-state index in [1.807, 2.05) is 6.92 Å². The van der Waals surface area contributed by atoms with Gasteiger partial charge >= 0.3 is 6.18 Å². The molecule has 1 fully saturated rings. The SMILES string of the molecule is CCn1c(CNC(=O)[C@H]2CCCC[C@@H]2C(F)(F)F)n[nH]c1=S. The summed E-state index contributed by atoms with van der Waals surface area (Å²) in [7, 11) is 0. The molecule has 9 heteroatoms. The minimum Gasteiger partial charge on any atom is -0.349 e. The number of carbonyl (C=O) groups excluding carboxylic acids is 1. The van der Waals surface area contributed by atoms with Gasteiger partial charge in [-0.15, -0.1) is 0 Å². The van der Waals surface area contributed by atoms with Gasteiger partial charge in [0.2, 0.25) is 5.91 Å². The lowest BCUT2D eigenvalue weighted by atomic mass is 9.78. The average molecular weight is 336 g/mol. The fourth-order valence-corrected chi connectivity index (χ4v) is 3.23. The minimum atomic E-state index is -4.33. The van der Waals surface area contributed by atoms with Crippen LogP contribution in [0.2, 0.25) is 0 Å². The molecule has 1 aromatic heterocycles. The van der Waals surface area contributed by atoms with Crippen molar-refractivity contribution in [3.8, 4) is 0 Å². The van der Waals surface area contributed by atoms with Gasteiger partial charge in [0, 0.05) is 12.5 Å². The van der Waals surface area contributed by atoms with Gasteiger partial charge < -0.3 is 9.88 Å². The number of hydrogen-bond donors (Lipinski definition) is 2. The molecular weight excluding hydrogens is 317 g/mol. The Labute approximate surface area is 131 Å². The molecule has 1 aliphatic carbocycles. The predicted molar refractivity (Wildman–Crippen MR) is 76.4 cm³/mol. The Morgan fingerprint density at radius 1 is 1.45 bits per heavy atom. The third kappa shape index (κ3) is 3.68. The first-order chi connectivity index (χ1) is 10.3. The molecule has 0 spiro atoms. The van der Waals surface area contributed by atoms with Gasteiger partial charge in [0.25, 0.3) is 0 Å². The Morgan fingerprint density at radius 2 is 2.14 bits per heavy atom. The molecule has 2 rings (SSSR count). The number of carbonyl (C=O) groups is 1. The number of alkyl halides is 3. The molecule has 0 aromatic carbocycles. The molecule has 5 nitrogen and oxygen atoms in total. The molecule has 0 saturated heterocycles. The van der Waals surface area contributed by atoms with Gasteiger partial charge in [-0.1, -0.05) is 12.8 Å². The molecular formula is C13H19F3N4OS. The van der Waals surface area contributed by atoms with Crippen LogP contribution in [0.25, 0.3) is 0 Å². The molecule has 1 heterocycles. The third-order valence-electron chi connectivity index (χ3n) is 4.10. The van der Waals surface area contributed by atoms with Crippen LogP contribution >= 0.6 is 12.2 Å². The summed E-state index contributed by atoms with van der Waals surface area (Å²) in [6.45, 7) is 2.52. The second kappa shape index (κ2) is 6.80. The highest BCUT2D eigenvalue weighted by atomic mass is 32.1. The van der Waals surface area contributed by atoms with Gasteiger partial charge in [0.05, 0.1) is 12.5 Å². The lowest BCUT2D eigenvalue weighted by Gasteiger charge is -2.31. The van der Waals surface area contributed by atoms with Crippen molar-refractivity contribution in [3.63, 3.8) is 0 Å². The summed E-state index contributed by atoms with van der Waals surface area (Å²) < 4.78 is 41.2. The number of hydrogen-bond acceptors (Lipinski definition) is 3. The van der Waals surface area contributed by atoms with Crippen LogP contribution in [0.3, 0.4) is 0 Å². The highest BCUT2D eigenvalue weighted by Gasteiger charge is 2.47. The monoisotopic (exact) mass is 336 g/mol. The number of halogens is 3. The van der Waals surface area contributed by atoms with Crippen molar-refractivity contribution in [1.29, 1.82) is 0 Å². The van der Waals surface area contributed by atoms with Crippen LogP contribution < -0.4 is 5.32 Å². The Balaban J connectivity index is 2.03. The molecule has 0 aliphatic heterocycles. The van der Waals surface area contributed by atoms with E-state index in [0.717, 1.165) is 0 Å². The van der Waals surface area contributed by atoms with Crippen molar-refractivity contribution in [2.75, 3.05) is 0 Å². The van der Waals surface area contributed by atoms with Crippen molar-refractivity contribution < 1.29 is 18.0 Å². The maximum absolute atomic E-state index is 13.0. The smallest absolute Gasteiger partial charge is 0.349 e. The van der Waals surface area contributed by atoms with Gasteiger partial charge in [-0.3, -0.25) is 9.89 Å². The first-order valence-corrected chi connectivity index (χ1v) is 7.74. The van der Waals surface area contributed by atoms with Gasteiger partial charge in [0.1, 0.15) is 0 Å². The topological polar surface area (TPSA) is 62.7 Å². The van der Waals surface area contributed by atoms with Crippen molar-refractivity contribution in [1.82, 2.24) is 20.1 Å². The highest BCUT2D eigenvalue weighted by molar-refractivity contribution is 7.71. The van der Waals surface area contributed by atoms with Crippen LogP contribution in [-0.2, 0) is 17.9 Å². The summed E-state index contributed by atoms with van der Waals surface area (Å²) >= 11 is 5.03. The van der Waals surface area contributed by atoms with Gasteiger partial charge in [-0.2, -0.15) is 18.3 Å². The lowest BCUT2D eigenvalue weighted by Crippen LogP contribution is -2.42. The zero-order valence-electron chi connectivity index (χ0n) is 12.2. The third-order valence-corrected chi connectivity index (χ3v) is 4.41. The van der Waals surface area contributed by atoms with Crippen LogP contribution in [0.1, 0.15) is 38.4 Å². The largest absolute Gasteiger partial charge is 0.392 e. The van der Waals surface area contributed by atoms with E-state index >= 15 is 0 Å². The molecule has 124 valence electrons. The molecule has 1 amide bonds.